The van der Waals surface area contributed by atoms with Crippen LogP contribution in [0.2, 0.25) is 0 Å². The minimum absolute atomic E-state index is 0.133. The Bertz CT molecular complexity index is 1270. The van der Waals surface area contributed by atoms with Gasteiger partial charge in [-0.3, -0.25) is 9.36 Å². The molecule has 2 aromatic heterocycles. The standard InChI is InChI=1S/C20H15BrFN3O3S/c1-27-12-8-7-11(15(9-12)28-2)10-25-17(13-5-3-4-6-14(13)22)24-18-16(19(25)26)23-20(21)29-18/h3-9H,10H2,1-2H3. The van der Waals surface area contributed by atoms with Crippen molar-refractivity contribution in [1.29, 1.82) is 0 Å². The highest BCUT2D eigenvalue weighted by atomic mass is 79.9. The molecule has 0 aliphatic heterocycles. The molecule has 0 fully saturated rings. The summed E-state index contributed by atoms with van der Waals surface area (Å²) in [7, 11) is 3.10. The van der Waals surface area contributed by atoms with Gasteiger partial charge in [-0.05, 0) is 40.2 Å². The Kier molecular flexibility index (Phi) is 5.33. The first-order valence-electron chi connectivity index (χ1n) is 8.54. The van der Waals surface area contributed by atoms with Crippen LogP contribution in [-0.4, -0.2) is 28.8 Å². The Labute approximate surface area is 177 Å². The maximum absolute atomic E-state index is 14.6. The Morgan fingerprint density at radius 3 is 2.66 bits per heavy atom. The lowest BCUT2D eigenvalue weighted by atomic mass is 10.1. The van der Waals surface area contributed by atoms with E-state index in [1.807, 2.05) is 0 Å². The lowest BCUT2D eigenvalue weighted by Crippen LogP contribution is -2.24. The molecule has 0 N–H and O–H groups in total. The topological polar surface area (TPSA) is 66.2 Å². The molecule has 0 aliphatic rings. The van der Waals surface area contributed by atoms with Crippen molar-refractivity contribution in [1.82, 2.24) is 14.5 Å². The largest absolute Gasteiger partial charge is 0.497 e. The van der Waals surface area contributed by atoms with Crippen molar-refractivity contribution in [2.75, 3.05) is 14.2 Å². The molecule has 0 bridgehead atoms. The second-order valence-corrected chi connectivity index (χ2v) is 8.36. The summed E-state index contributed by atoms with van der Waals surface area (Å²) in [5.41, 5.74) is 0.842. The molecule has 2 aromatic carbocycles. The van der Waals surface area contributed by atoms with E-state index >= 15 is 0 Å². The molecule has 4 aromatic rings. The van der Waals surface area contributed by atoms with Crippen LogP contribution in [0, 0.1) is 5.82 Å². The Hall–Kier alpha value is -2.78. The van der Waals surface area contributed by atoms with E-state index in [0.717, 1.165) is 5.56 Å². The Morgan fingerprint density at radius 1 is 1.14 bits per heavy atom. The summed E-state index contributed by atoms with van der Waals surface area (Å²) in [6, 6.07) is 11.5. The molecule has 0 atom stereocenters. The van der Waals surface area contributed by atoms with Crippen LogP contribution in [0.4, 0.5) is 4.39 Å². The minimum atomic E-state index is -0.460. The normalized spacial score (nSPS) is 11.0. The van der Waals surface area contributed by atoms with Crippen molar-refractivity contribution in [3.05, 3.63) is 68.1 Å². The van der Waals surface area contributed by atoms with E-state index in [1.165, 1.54) is 29.1 Å². The summed E-state index contributed by atoms with van der Waals surface area (Å²) in [6.45, 7) is 0.133. The molecule has 0 saturated carbocycles. The van der Waals surface area contributed by atoms with Gasteiger partial charge in [0.05, 0.1) is 26.3 Å². The van der Waals surface area contributed by atoms with Crippen LogP contribution in [0.15, 0.2) is 51.2 Å². The fourth-order valence-electron chi connectivity index (χ4n) is 3.03. The number of fused-ring (bicyclic) bond motifs is 1. The molecule has 2 heterocycles. The molecule has 4 rings (SSSR count). The Morgan fingerprint density at radius 2 is 1.93 bits per heavy atom. The van der Waals surface area contributed by atoms with Gasteiger partial charge >= 0.3 is 0 Å². The van der Waals surface area contributed by atoms with E-state index in [0.29, 0.717) is 20.2 Å². The van der Waals surface area contributed by atoms with Crippen molar-refractivity contribution in [3.63, 3.8) is 0 Å². The van der Waals surface area contributed by atoms with Crippen LogP contribution in [0.3, 0.4) is 0 Å². The van der Waals surface area contributed by atoms with Gasteiger partial charge in [0.1, 0.15) is 23.1 Å². The van der Waals surface area contributed by atoms with Gasteiger partial charge in [0, 0.05) is 11.6 Å². The van der Waals surface area contributed by atoms with Crippen LogP contribution >= 0.6 is 27.3 Å². The van der Waals surface area contributed by atoms with Crippen molar-refractivity contribution in [2.24, 2.45) is 0 Å². The third kappa shape index (κ3) is 3.63. The SMILES string of the molecule is COc1ccc(Cn2c(-c3ccccc3F)nc3sc(Br)nc3c2=O)c(OC)c1. The first kappa shape index (κ1) is 19.5. The van der Waals surface area contributed by atoms with Gasteiger partial charge in [0.15, 0.2) is 14.3 Å². The highest BCUT2D eigenvalue weighted by molar-refractivity contribution is 9.11. The summed E-state index contributed by atoms with van der Waals surface area (Å²) in [6.07, 6.45) is 0. The van der Waals surface area contributed by atoms with Gasteiger partial charge in [0.2, 0.25) is 0 Å². The number of benzene rings is 2. The smallest absolute Gasteiger partial charge is 0.281 e. The number of methoxy groups -OCH3 is 2. The second kappa shape index (κ2) is 7.92. The fraction of sp³-hybridized carbons (Fsp3) is 0.150. The number of hydrogen-bond acceptors (Lipinski definition) is 6. The number of thiazole rings is 1. The maximum Gasteiger partial charge on any atom is 0.281 e. The Balaban J connectivity index is 1.96. The van der Waals surface area contributed by atoms with Crippen molar-refractivity contribution < 1.29 is 13.9 Å². The van der Waals surface area contributed by atoms with Gasteiger partial charge in [-0.1, -0.05) is 23.5 Å². The van der Waals surface area contributed by atoms with Crippen LogP contribution < -0.4 is 15.0 Å². The molecule has 0 saturated heterocycles. The minimum Gasteiger partial charge on any atom is -0.497 e. The van der Waals surface area contributed by atoms with E-state index in [9.17, 15) is 9.18 Å². The summed E-state index contributed by atoms with van der Waals surface area (Å²) < 4.78 is 27.2. The molecule has 0 radical (unpaired) electrons. The van der Waals surface area contributed by atoms with Crippen LogP contribution in [0.1, 0.15) is 5.56 Å². The second-order valence-electron chi connectivity index (χ2n) is 6.10. The molecule has 0 amide bonds. The van der Waals surface area contributed by atoms with Gasteiger partial charge in [0.25, 0.3) is 5.56 Å². The lowest BCUT2D eigenvalue weighted by Gasteiger charge is -2.15. The third-order valence-electron chi connectivity index (χ3n) is 4.43. The third-order valence-corrected chi connectivity index (χ3v) is 5.83. The zero-order valence-corrected chi connectivity index (χ0v) is 17.9. The zero-order chi connectivity index (χ0) is 20.5. The average Bonchev–Trinajstić information content (AvgIpc) is 3.11. The molecule has 0 unspecified atom stereocenters. The van der Waals surface area contributed by atoms with Crippen molar-refractivity contribution in [2.45, 2.75) is 6.54 Å². The van der Waals surface area contributed by atoms with Gasteiger partial charge in [-0.2, -0.15) is 0 Å². The number of aromatic nitrogens is 3. The zero-order valence-electron chi connectivity index (χ0n) is 15.5. The monoisotopic (exact) mass is 475 g/mol. The lowest BCUT2D eigenvalue weighted by molar-refractivity contribution is 0.390. The van der Waals surface area contributed by atoms with Gasteiger partial charge in [-0.25, -0.2) is 14.4 Å². The highest BCUT2D eigenvalue weighted by Gasteiger charge is 2.19. The summed E-state index contributed by atoms with van der Waals surface area (Å²) in [5, 5.41) is 0. The number of hydrogen-bond donors (Lipinski definition) is 0. The predicted molar refractivity (Wildman–Crippen MR) is 113 cm³/mol. The van der Waals surface area contributed by atoms with E-state index in [2.05, 4.69) is 25.9 Å². The van der Waals surface area contributed by atoms with Crippen molar-refractivity contribution >= 4 is 37.6 Å². The van der Waals surface area contributed by atoms with Gasteiger partial charge < -0.3 is 9.47 Å². The fourth-order valence-corrected chi connectivity index (χ4v) is 4.33. The molecule has 29 heavy (non-hydrogen) atoms. The number of nitrogens with zero attached hydrogens (tertiary/aromatic N) is 3. The van der Waals surface area contributed by atoms with Crippen molar-refractivity contribution in [3.8, 4) is 22.9 Å². The summed E-state index contributed by atoms with van der Waals surface area (Å²) in [5.74, 6) is 0.951. The first-order chi connectivity index (χ1) is 14.0. The van der Waals surface area contributed by atoms with E-state index in [1.54, 1.807) is 43.5 Å². The molecule has 0 spiro atoms. The molecule has 0 aliphatic carbocycles. The quantitative estimate of drug-likeness (QED) is 0.425. The number of rotatable bonds is 5. The predicted octanol–water partition coefficient (Wildman–Crippen LogP) is 4.49. The molecular weight excluding hydrogens is 461 g/mol. The summed E-state index contributed by atoms with van der Waals surface area (Å²) >= 11 is 4.52. The van der Waals surface area contributed by atoms with Crippen LogP contribution in [0.25, 0.3) is 21.7 Å². The molecule has 6 nitrogen and oxygen atoms in total. The van der Waals surface area contributed by atoms with E-state index in [4.69, 9.17) is 9.47 Å². The van der Waals surface area contributed by atoms with Crippen LogP contribution in [-0.2, 0) is 6.54 Å². The molecule has 9 heteroatoms. The van der Waals surface area contributed by atoms with E-state index in [-0.39, 0.29) is 29.0 Å². The van der Waals surface area contributed by atoms with Gasteiger partial charge in [-0.15, -0.1) is 0 Å². The van der Waals surface area contributed by atoms with E-state index < -0.39 is 5.82 Å². The van der Waals surface area contributed by atoms with Crippen LogP contribution in [0.5, 0.6) is 11.5 Å². The highest BCUT2D eigenvalue weighted by Crippen LogP contribution is 2.29. The number of ether oxygens (including phenoxy) is 2. The number of halogens is 2. The maximum atomic E-state index is 14.6. The molecular formula is C20H15BrFN3O3S. The summed E-state index contributed by atoms with van der Waals surface area (Å²) in [4.78, 5) is 22.5. The average molecular weight is 476 g/mol. The first-order valence-corrected chi connectivity index (χ1v) is 10.2. The molecule has 148 valence electrons.